The summed E-state index contributed by atoms with van der Waals surface area (Å²) in [5, 5.41) is 0. The van der Waals surface area contributed by atoms with Gasteiger partial charge in [0.25, 0.3) is 0 Å². The van der Waals surface area contributed by atoms with E-state index in [9.17, 15) is 33.6 Å². The van der Waals surface area contributed by atoms with E-state index in [2.05, 4.69) is 0 Å². The lowest BCUT2D eigenvalue weighted by molar-refractivity contribution is -0.366. The maximum Gasteiger partial charge on any atom is 0.303 e. The molecule has 0 amide bonds. The Bertz CT molecular complexity index is 1110. The number of esters is 7. The molecule has 0 aliphatic carbocycles. The highest BCUT2D eigenvalue weighted by molar-refractivity contribution is 5.69. The van der Waals surface area contributed by atoms with Gasteiger partial charge in [-0.3, -0.25) is 33.6 Å². The Balaban J connectivity index is 2.64. The minimum Gasteiger partial charge on any atom is -0.463 e. The van der Waals surface area contributed by atoms with Crippen LogP contribution in [0.4, 0.5) is 0 Å². The lowest BCUT2D eigenvalue weighted by atomic mass is 9.96. The number of ether oxygens (including phenoxy) is 11. The second kappa shape index (κ2) is 17.0. The fraction of sp³-hybridized carbons (Fsp3) is 0.741. The van der Waals surface area contributed by atoms with Crippen LogP contribution in [0.3, 0.4) is 0 Å². The first kappa shape index (κ1) is 37.3. The Morgan fingerprint density at radius 2 is 0.778 bits per heavy atom. The van der Waals surface area contributed by atoms with Gasteiger partial charge in [-0.25, -0.2) is 0 Å². The van der Waals surface area contributed by atoms with Crippen molar-refractivity contribution in [1.29, 1.82) is 0 Å². The van der Waals surface area contributed by atoms with Gasteiger partial charge in [-0.2, -0.15) is 0 Å². The maximum absolute atomic E-state index is 12.2. The molecular formula is C27H38O18. The molecule has 0 bridgehead atoms. The number of carbonyl (C=O) groups excluding carboxylic acids is 7. The fourth-order valence-electron chi connectivity index (χ4n) is 4.66. The monoisotopic (exact) mass is 650 g/mol. The summed E-state index contributed by atoms with van der Waals surface area (Å²) < 4.78 is 60.6. The van der Waals surface area contributed by atoms with Crippen molar-refractivity contribution in [2.24, 2.45) is 0 Å². The van der Waals surface area contributed by atoms with E-state index in [1.165, 1.54) is 7.11 Å². The van der Waals surface area contributed by atoms with Crippen LogP contribution in [0.2, 0.25) is 0 Å². The number of methoxy groups -OCH3 is 1. The van der Waals surface area contributed by atoms with Gasteiger partial charge in [-0.05, 0) is 0 Å². The van der Waals surface area contributed by atoms with Crippen molar-refractivity contribution in [3.63, 3.8) is 0 Å². The molecule has 0 radical (unpaired) electrons. The van der Waals surface area contributed by atoms with Gasteiger partial charge in [-0.15, -0.1) is 0 Å². The van der Waals surface area contributed by atoms with E-state index >= 15 is 0 Å². The van der Waals surface area contributed by atoms with Gasteiger partial charge in [0.1, 0.15) is 25.4 Å². The van der Waals surface area contributed by atoms with Crippen LogP contribution < -0.4 is 0 Å². The topological polar surface area (TPSA) is 221 Å². The smallest absolute Gasteiger partial charge is 0.303 e. The van der Waals surface area contributed by atoms with Crippen molar-refractivity contribution in [2.45, 2.75) is 110 Å². The van der Waals surface area contributed by atoms with Crippen molar-refractivity contribution in [3.8, 4) is 0 Å². The van der Waals surface area contributed by atoms with Crippen LogP contribution in [-0.2, 0) is 85.7 Å². The van der Waals surface area contributed by atoms with E-state index in [1.54, 1.807) is 0 Å². The molecule has 0 aromatic rings. The van der Waals surface area contributed by atoms with Gasteiger partial charge in [0.2, 0.25) is 0 Å². The van der Waals surface area contributed by atoms with Crippen molar-refractivity contribution < 1.29 is 85.7 Å². The molecule has 0 spiro atoms. The van der Waals surface area contributed by atoms with E-state index < -0.39 is 116 Å². The summed E-state index contributed by atoms with van der Waals surface area (Å²) in [7, 11) is 1.20. The molecule has 18 nitrogen and oxygen atoms in total. The third kappa shape index (κ3) is 11.2. The summed E-state index contributed by atoms with van der Waals surface area (Å²) in [5.74, 6) is -5.71. The normalized spacial score (nSPS) is 31.0. The first-order valence-electron chi connectivity index (χ1n) is 13.7. The summed E-state index contributed by atoms with van der Waals surface area (Å²) in [6, 6.07) is 0. The zero-order chi connectivity index (χ0) is 34.0. The van der Waals surface area contributed by atoms with E-state index in [1.807, 2.05) is 0 Å². The van der Waals surface area contributed by atoms with Crippen LogP contribution in [0.25, 0.3) is 0 Å². The van der Waals surface area contributed by atoms with Crippen LogP contribution in [-0.4, -0.2) is 124 Å². The van der Waals surface area contributed by atoms with Gasteiger partial charge in [0.15, 0.2) is 49.2 Å². The molecule has 2 aliphatic heterocycles. The predicted octanol–water partition coefficient (Wildman–Crippen LogP) is -0.747. The summed E-state index contributed by atoms with van der Waals surface area (Å²) >= 11 is 0. The lowest BCUT2D eigenvalue weighted by Crippen LogP contribution is -2.67. The Kier molecular flexibility index (Phi) is 14.1. The average Bonchev–Trinajstić information content (AvgIpc) is 2.90. The van der Waals surface area contributed by atoms with Gasteiger partial charge in [0.05, 0.1) is 0 Å². The van der Waals surface area contributed by atoms with Gasteiger partial charge >= 0.3 is 41.8 Å². The third-order valence-electron chi connectivity index (χ3n) is 6.12. The zero-order valence-electron chi connectivity index (χ0n) is 26.0. The summed E-state index contributed by atoms with van der Waals surface area (Å²) in [6.45, 7) is 6.53. The molecule has 10 unspecified atom stereocenters. The van der Waals surface area contributed by atoms with Crippen LogP contribution in [0.15, 0.2) is 0 Å². The SMILES string of the molecule is COC1OC(COC(C)=O)C(OC(C)=O)C(OC(C)=O)C1OC1OC(COC(C)=O)C(OC(C)=O)C(OC(C)=O)C1OC(C)=O. The predicted molar refractivity (Wildman–Crippen MR) is 140 cm³/mol. The van der Waals surface area contributed by atoms with E-state index in [4.69, 9.17) is 52.1 Å². The molecular weight excluding hydrogens is 612 g/mol. The number of hydrogen-bond acceptors (Lipinski definition) is 18. The van der Waals surface area contributed by atoms with Crippen molar-refractivity contribution >= 4 is 41.8 Å². The van der Waals surface area contributed by atoms with E-state index in [0.717, 1.165) is 48.5 Å². The quantitative estimate of drug-likeness (QED) is 0.187. The third-order valence-corrected chi connectivity index (χ3v) is 6.12. The molecule has 2 aliphatic rings. The number of rotatable bonds is 12. The molecule has 254 valence electrons. The van der Waals surface area contributed by atoms with Crippen LogP contribution in [0.5, 0.6) is 0 Å². The Labute approximate surface area is 258 Å². The zero-order valence-corrected chi connectivity index (χ0v) is 26.0. The second-order valence-corrected chi connectivity index (χ2v) is 9.90. The maximum atomic E-state index is 12.2. The highest BCUT2D eigenvalue weighted by Crippen LogP contribution is 2.35. The van der Waals surface area contributed by atoms with E-state index in [-0.39, 0.29) is 0 Å². The first-order valence-corrected chi connectivity index (χ1v) is 13.7. The summed E-state index contributed by atoms with van der Waals surface area (Å²) in [4.78, 5) is 83.8. The Hall–Kier alpha value is -3.87. The van der Waals surface area contributed by atoms with Gasteiger partial charge < -0.3 is 52.1 Å². The molecule has 2 rings (SSSR count). The van der Waals surface area contributed by atoms with Crippen LogP contribution in [0.1, 0.15) is 48.5 Å². The molecule has 0 N–H and O–H groups in total. The highest BCUT2D eigenvalue weighted by atomic mass is 16.8. The molecule has 2 saturated heterocycles. The van der Waals surface area contributed by atoms with Crippen LogP contribution >= 0.6 is 0 Å². The van der Waals surface area contributed by atoms with Crippen molar-refractivity contribution in [2.75, 3.05) is 20.3 Å². The minimum atomic E-state index is -1.74. The number of hydrogen-bond donors (Lipinski definition) is 0. The first-order chi connectivity index (χ1) is 21.0. The molecule has 0 aromatic heterocycles. The van der Waals surface area contributed by atoms with E-state index in [0.29, 0.717) is 0 Å². The molecule has 45 heavy (non-hydrogen) atoms. The molecule has 10 atom stereocenters. The van der Waals surface area contributed by atoms with Gasteiger partial charge in [0, 0.05) is 55.6 Å². The van der Waals surface area contributed by atoms with Crippen LogP contribution in [0, 0.1) is 0 Å². The second-order valence-electron chi connectivity index (χ2n) is 9.90. The molecule has 2 heterocycles. The lowest BCUT2D eigenvalue weighted by Gasteiger charge is -2.48. The standard InChI is InChI=1S/C27H38O18/c1-11(28)36-9-18-20(38-13(3)30)22(40-15(5)32)24(26(35-8)43-18)45-27-25(42-17(7)34)23(41-16(6)33)21(39-14(4)31)19(44-27)10-37-12(2)29/h18-27H,9-10H2,1-8H3. The Morgan fingerprint density at radius 3 is 1.13 bits per heavy atom. The van der Waals surface area contributed by atoms with Crippen molar-refractivity contribution in [1.82, 2.24) is 0 Å². The summed E-state index contributed by atoms with van der Waals surface area (Å²) in [5.41, 5.74) is 0. The largest absolute Gasteiger partial charge is 0.463 e. The van der Waals surface area contributed by atoms with Crippen molar-refractivity contribution in [3.05, 3.63) is 0 Å². The fourth-order valence-corrected chi connectivity index (χ4v) is 4.66. The Morgan fingerprint density at radius 1 is 0.444 bits per heavy atom. The highest BCUT2D eigenvalue weighted by Gasteiger charge is 2.57. The van der Waals surface area contributed by atoms with Gasteiger partial charge in [-0.1, -0.05) is 0 Å². The molecule has 0 aromatic carbocycles. The average molecular weight is 651 g/mol. The molecule has 0 saturated carbocycles. The molecule has 18 heteroatoms. The number of carbonyl (C=O) groups is 7. The molecule has 2 fully saturated rings. The minimum absolute atomic E-state index is 0.448. The summed E-state index contributed by atoms with van der Waals surface area (Å²) in [6.07, 6.45) is -14.9.